The van der Waals surface area contributed by atoms with Gasteiger partial charge in [-0.3, -0.25) is 9.69 Å². The summed E-state index contributed by atoms with van der Waals surface area (Å²) in [5.74, 6) is 0.939. The summed E-state index contributed by atoms with van der Waals surface area (Å²) in [6.45, 7) is 8.42. The average molecular weight is 437 g/mol. The summed E-state index contributed by atoms with van der Waals surface area (Å²) in [7, 11) is 1.68. The van der Waals surface area contributed by atoms with Gasteiger partial charge < -0.3 is 14.7 Å². The van der Waals surface area contributed by atoms with E-state index in [9.17, 15) is 9.59 Å². The van der Waals surface area contributed by atoms with E-state index in [4.69, 9.17) is 0 Å². The second kappa shape index (κ2) is 8.58. The van der Waals surface area contributed by atoms with Crippen LogP contribution in [0.4, 0.5) is 16.2 Å². The number of likely N-dealkylation sites (tertiary alicyclic amines) is 2. The number of carbonyl (C=O) groups excluding carboxylic acids is 2. The number of carbonyl (C=O) groups is 2. The molecule has 1 aromatic carbocycles. The van der Waals surface area contributed by atoms with Crippen LogP contribution in [0.15, 0.2) is 36.7 Å². The molecule has 170 valence electrons. The van der Waals surface area contributed by atoms with Crippen molar-refractivity contribution in [3.8, 4) is 0 Å². The van der Waals surface area contributed by atoms with Gasteiger partial charge in [0.05, 0.1) is 18.1 Å². The molecule has 32 heavy (non-hydrogen) atoms. The van der Waals surface area contributed by atoms with Gasteiger partial charge in [0.1, 0.15) is 0 Å². The molecule has 0 N–H and O–H groups in total. The Kier molecular flexibility index (Phi) is 5.63. The molecule has 0 spiro atoms. The minimum Gasteiger partial charge on any atom is -0.372 e. The summed E-state index contributed by atoms with van der Waals surface area (Å²) in [6, 6.07) is 8.96. The zero-order valence-corrected chi connectivity index (χ0v) is 19.0. The highest BCUT2D eigenvalue weighted by Crippen LogP contribution is 2.32. The lowest BCUT2D eigenvalue weighted by molar-refractivity contribution is -0.116. The Hall–Kier alpha value is -2.87. The van der Waals surface area contributed by atoms with Crippen molar-refractivity contribution in [2.45, 2.75) is 26.3 Å². The van der Waals surface area contributed by atoms with Crippen LogP contribution in [0.1, 0.15) is 25.3 Å². The second-order valence-electron chi connectivity index (χ2n) is 9.48. The van der Waals surface area contributed by atoms with Crippen molar-refractivity contribution in [3.63, 3.8) is 0 Å². The summed E-state index contributed by atoms with van der Waals surface area (Å²) in [5, 5.41) is 4.18. The van der Waals surface area contributed by atoms with Crippen LogP contribution >= 0.6 is 0 Å². The lowest BCUT2D eigenvalue weighted by Gasteiger charge is -2.22. The molecule has 2 atom stereocenters. The maximum absolute atomic E-state index is 12.9. The molecule has 8 nitrogen and oxygen atoms in total. The fourth-order valence-electron chi connectivity index (χ4n) is 5.34. The van der Waals surface area contributed by atoms with Gasteiger partial charge in [0.25, 0.3) is 0 Å². The van der Waals surface area contributed by atoms with Gasteiger partial charge in [0, 0.05) is 65.5 Å². The van der Waals surface area contributed by atoms with Gasteiger partial charge in [-0.2, -0.15) is 9.78 Å². The smallest absolute Gasteiger partial charge is 0.344 e. The quantitative estimate of drug-likeness (QED) is 0.737. The van der Waals surface area contributed by atoms with E-state index in [2.05, 4.69) is 39.2 Å². The van der Waals surface area contributed by atoms with Crippen molar-refractivity contribution in [1.29, 1.82) is 0 Å². The topological polar surface area (TPSA) is 64.9 Å². The Labute approximate surface area is 189 Å². The zero-order chi connectivity index (χ0) is 22.2. The molecule has 2 aromatic rings. The monoisotopic (exact) mass is 436 g/mol. The van der Waals surface area contributed by atoms with Gasteiger partial charge in [0.2, 0.25) is 5.91 Å². The van der Waals surface area contributed by atoms with Crippen molar-refractivity contribution in [2.75, 3.05) is 56.1 Å². The highest BCUT2D eigenvalue weighted by molar-refractivity contribution is 5.91. The molecule has 4 heterocycles. The van der Waals surface area contributed by atoms with Crippen molar-refractivity contribution >= 4 is 23.3 Å². The maximum atomic E-state index is 12.9. The molecule has 2 amide bonds. The van der Waals surface area contributed by atoms with Crippen LogP contribution in [0.5, 0.6) is 0 Å². The maximum Gasteiger partial charge on any atom is 0.344 e. The Morgan fingerprint density at radius 2 is 1.69 bits per heavy atom. The van der Waals surface area contributed by atoms with Crippen LogP contribution in [0.3, 0.4) is 0 Å². The molecular formula is C24H32N6O2. The Morgan fingerprint density at radius 1 is 1.03 bits per heavy atom. The third-order valence-electron chi connectivity index (χ3n) is 7.27. The standard InChI is InChI=1S/C24H32N6O2/c1-18(31)26(2)23-11-25-30(17-23)24(32)29-15-20-13-27(14-21(20)16-29)12-19-5-7-22(8-6-19)28-9-3-4-10-28/h5-8,11,17,20-21H,3-4,9-10,12-16H2,1-2H3. The van der Waals surface area contributed by atoms with Crippen LogP contribution in [-0.4, -0.2) is 77.8 Å². The SMILES string of the molecule is CC(=O)N(C)c1cnn(C(=O)N2CC3CN(Cc4ccc(N5CCCC5)cc4)CC3C2)c1. The van der Waals surface area contributed by atoms with Crippen molar-refractivity contribution in [1.82, 2.24) is 19.6 Å². The van der Waals surface area contributed by atoms with Crippen LogP contribution in [0.2, 0.25) is 0 Å². The Morgan fingerprint density at radius 3 is 2.31 bits per heavy atom. The number of fused-ring (bicyclic) bond motifs is 1. The zero-order valence-electron chi connectivity index (χ0n) is 19.0. The number of rotatable bonds is 4. The first-order valence-electron chi connectivity index (χ1n) is 11.6. The van der Waals surface area contributed by atoms with Gasteiger partial charge in [-0.15, -0.1) is 0 Å². The number of hydrogen-bond acceptors (Lipinski definition) is 5. The number of hydrogen-bond donors (Lipinski definition) is 0. The van der Waals surface area contributed by atoms with Crippen LogP contribution in [-0.2, 0) is 11.3 Å². The number of nitrogens with zero attached hydrogens (tertiary/aromatic N) is 6. The molecule has 5 rings (SSSR count). The first-order chi connectivity index (χ1) is 15.5. The van der Waals surface area contributed by atoms with Gasteiger partial charge >= 0.3 is 6.03 Å². The molecule has 1 aromatic heterocycles. The molecule has 0 radical (unpaired) electrons. The van der Waals surface area contributed by atoms with Gasteiger partial charge in [-0.1, -0.05) is 12.1 Å². The molecule has 8 heteroatoms. The fourth-order valence-corrected chi connectivity index (χ4v) is 5.34. The van der Waals surface area contributed by atoms with Gasteiger partial charge in [0.15, 0.2) is 0 Å². The first kappa shape index (κ1) is 21.0. The molecule has 0 saturated carbocycles. The molecular weight excluding hydrogens is 404 g/mol. The van der Waals surface area contributed by atoms with E-state index in [0.29, 0.717) is 17.5 Å². The van der Waals surface area contributed by atoms with Gasteiger partial charge in [-0.25, -0.2) is 4.79 Å². The molecule has 3 fully saturated rings. The minimum atomic E-state index is -0.105. The fraction of sp³-hybridized carbons (Fsp3) is 0.542. The Bertz CT molecular complexity index is 967. The lowest BCUT2D eigenvalue weighted by Crippen LogP contribution is -2.36. The summed E-state index contributed by atoms with van der Waals surface area (Å²) < 4.78 is 1.36. The number of anilines is 2. The van der Waals surface area contributed by atoms with E-state index in [1.165, 1.54) is 53.7 Å². The summed E-state index contributed by atoms with van der Waals surface area (Å²) >= 11 is 0. The summed E-state index contributed by atoms with van der Waals surface area (Å²) in [5.41, 5.74) is 3.33. The second-order valence-corrected chi connectivity index (χ2v) is 9.48. The van der Waals surface area contributed by atoms with Gasteiger partial charge in [-0.05, 0) is 42.4 Å². The van der Waals surface area contributed by atoms with Crippen LogP contribution in [0, 0.1) is 11.8 Å². The highest BCUT2D eigenvalue weighted by atomic mass is 16.2. The normalized spacial score (nSPS) is 23.1. The number of benzene rings is 1. The largest absolute Gasteiger partial charge is 0.372 e. The molecule has 3 aliphatic rings. The predicted molar refractivity (Wildman–Crippen MR) is 124 cm³/mol. The predicted octanol–water partition coefficient (Wildman–Crippen LogP) is 2.50. The van der Waals surface area contributed by atoms with Crippen LogP contribution in [0.25, 0.3) is 0 Å². The van der Waals surface area contributed by atoms with E-state index < -0.39 is 0 Å². The van der Waals surface area contributed by atoms with E-state index in [1.54, 1.807) is 19.4 Å². The first-order valence-corrected chi connectivity index (χ1v) is 11.6. The third kappa shape index (κ3) is 4.11. The van der Waals surface area contributed by atoms with E-state index >= 15 is 0 Å². The summed E-state index contributed by atoms with van der Waals surface area (Å²) in [6.07, 6.45) is 5.80. The average Bonchev–Trinajstić information content (AvgIpc) is 3.57. The van der Waals surface area contributed by atoms with E-state index in [0.717, 1.165) is 32.7 Å². The van der Waals surface area contributed by atoms with Crippen molar-refractivity contribution < 1.29 is 9.59 Å². The van der Waals surface area contributed by atoms with E-state index in [-0.39, 0.29) is 11.9 Å². The lowest BCUT2D eigenvalue weighted by atomic mass is 10.0. The van der Waals surface area contributed by atoms with E-state index in [1.807, 2.05) is 4.90 Å². The molecule has 3 saturated heterocycles. The third-order valence-corrected chi connectivity index (χ3v) is 7.27. The Balaban J connectivity index is 1.14. The molecule has 2 unspecified atom stereocenters. The van der Waals surface area contributed by atoms with Crippen molar-refractivity contribution in [2.24, 2.45) is 11.8 Å². The van der Waals surface area contributed by atoms with Crippen molar-refractivity contribution in [3.05, 3.63) is 42.2 Å². The van der Waals surface area contributed by atoms with Crippen LogP contribution < -0.4 is 9.80 Å². The molecule has 3 aliphatic heterocycles. The number of amides is 2. The number of aromatic nitrogens is 2. The minimum absolute atomic E-state index is 0.0847. The highest BCUT2D eigenvalue weighted by Gasteiger charge is 2.42. The molecule has 0 bridgehead atoms. The summed E-state index contributed by atoms with van der Waals surface area (Å²) in [4.78, 5) is 32.8. The molecule has 0 aliphatic carbocycles.